The van der Waals surface area contributed by atoms with Crippen molar-refractivity contribution >= 4 is 11.8 Å². The first-order chi connectivity index (χ1) is 10.1. The molecule has 1 aliphatic rings. The van der Waals surface area contributed by atoms with Gasteiger partial charge in [-0.05, 0) is 19.8 Å². The lowest BCUT2D eigenvalue weighted by Gasteiger charge is -2.33. The maximum Gasteiger partial charge on any atom is 0.248 e. The van der Waals surface area contributed by atoms with E-state index in [2.05, 4.69) is 15.4 Å². The van der Waals surface area contributed by atoms with Crippen LogP contribution in [-0.2, 0) is 22.7 Å². The maximum absolute atomic E-state index is 12.9. The largest absolute Gasteiger partial charge is 0.342 e. The van der Waals surface area contributed by atoms with Crippen LogP contribution in [0.15, 0.2) is 6.33 Å². The molecule has 2 rings (SSSR count). The zero-order valence-electron chi connectivity index (χ0n) is 12.9. The molecular formula is C14H23N5O2. The molecule has 1 fully saturated rings. The maximum atomic E-state index is 12.9. The normalized spacial score (nSPS) is 18.5. The van der Waals surface area contributed by atoms with Crippen molar-refractivity contribution in [3.63, 3.8) is 0 Å². The van der Waals surface area contributed by atoms with Gasteiger partial charge in [0.15, 0.2) is 0 Å². The smallest absolute Gasteiger partial charge is 0.248 e. The molecule has 1 saturated heterocycles. The number of aromatic nitrogens is 3. The van der Waals surface area contributed by atoms with Crippen LogP contribution in [0.5, 0.6) is 0 Å². The number of hydrogen-bond donors (Lipinski definition) is 1. The van der Waals surface area contributed by atoms with E-state index in [4.69, 9.17) is 0 Å². The fourth-order valence-corrected chi connectivity index (χ4v) is 2.75. The molecule has 0 spiro atoms. The average Bonchev–Trinajstić information content (AvgIpc) is 2.90. The molecule has 1 N–H and O–H groups in total. The Hall–Kier alpha value is -1.92. The summed E-state index contributed by atoms with van der Waals surface area (Å²) in [6.07, 6.45) is 3.00. The number of carbonyl (C=O) groups is 2. The van der Waals surface area contributed by atoms with E-state index >= 15 is 0 Å². The molecule has 0 bridgehead atoms. The minimum atomic E-state index is -0.787. The first kappa shape index (κ1) is 15.5. The monoisotopic (exact) mass is 293 g/mol. The molecule has 1 aliphatic heterocycles. The fraction of sp³-hybridized carbons (Fsp3) is 0.714. The van der Waals surface area contributed by atoms with E-state index in [1.54, 1.807) is 9.58 Å². The van der Waals surface area contributed by atoms with Gasteiger partial charge in [0.1, 0.15) is 17.7 Å². The van der Waals surface area contributed by atoms with Crippen LogP contribution in [0.25, 0.3) is 0 Å². The number of nitrogens with zero attached hydrogens (tertiary/aromatic N) is 4. The van der Waals surface area contributed by atoms with Gasteiger partial charge in [-0.2, -0.15) is 5.10 Å². The molecule has 0 aliphatic carbocycles. The Balaban J connectivity index is 2.26. The van der Waals surface area contributed by atoms with Gasteiger partial charge in [-0.1, -0.05) is 13.8 Å². The lowest BCUT2D eigenvalue weighted by Crippen LogP contribution is -2.56. The molecule has 7 nitrogen and oxygen atoms in total. The highest BCUT2D eigenvalue weighted by Gasteiger charge is 2.41. The van der Waals surface area contributed by atoms with Crippen molar-refractivity contribution < 1.29 is 9.59 Å². The van der Waals surface area contributed by atoms with Crippen LogP contribution in [0.4, 0.5) is 0 Å². The molecular weight excluding hydrogens is 270 g/mol. The molecule has 2 heterocycles. The third-order valence-corrected chi connectivity index (χ3v) is 4.22. The summed E-state index contributed by atoms with van der Waals surface area (Å²) in [7, 11) is 0. The van der Waals surface area contributed by atoms with E-state index in [9.17, 15) is 9.59 Å². The Kier molecular flexibility index (Phi) is 4.59. The molecule has 1 aromatic rings. The zero-order valence-corrected chi connectivity index (χ0v) is 12.9. The first-order valence-electron chi connectivity index (χ1n) is 7.53. The van der Waals surface area contributed by atoms with Crippen LogP contribution in [0.1, 0.15) is 45.9 Å². The topological polar surface area (TPSA) is 80.1 Å². The molecule has 7 heteroatoms. The van der Waals surface area contributed by atoms with E-state index in [0.29, 0.717) is 38.9 Å². The minimum absolute atomic E-state index is 0.0241. The molecule has 0 unspecified atom stereocenters. The van der Waals surface area contributed by atoms with Crippen LogP contribution >= 0.6 is 0 Å². The average molecular weight is 293 g/mol. The highest BCUT2D eigenvalue weighted by Crippen LogP contribution is 2.22. The van der Waals surface area contributed by atoms with Gasteiger partial charge < -0.3 is 10.2 Å². The molecule has 21 heavy (non-hydrogen) atoms. The lowest BCUT2D eigenvalue weighted by atomic mass is 9.91. The van der Waals surface area contributed by atoms with Crippen LogP contribution in [0.2, 0.25) is 0 Å². The molecule has 116 valence electrons. The van der Waals surface area contributed by atoms with Gasteiger partial charge >= 0.3 is 0 Å². The highest BCUT2D eigenvalue weighted by atomic mass is 16.2. The summed E-state index contributed by atoms with van der Waals surface area (Å²) in [4.78, 5) is 30.7. The second kappa shape index (κ2) is 6.24. The fourth-order valence-electron chi connectivity index (χ4n) is 2.75. The molecule has 0 atom stereocenters. The Morgan fingerprint density at radius 1 is 1.29 bits per heavy atom. The van der Waals surface area contributed by atoms with Gasteiger partial charge in [0, 0.05) is 19.5 Å². The summed E-state index contributed by atoms with van der Waals surface area (Å²) < 4.78 is 1.77. The SMILES string of the molecule is CCn1ncnc1CN1CCC(=O)NC(CC)(CC)C1=O. The van der Waals surface area contributed by atoms with Gasteiger partial charge in [0.05, 0.1) is 6.54 Å². The van der Waals surface area contributed by atoms with Crippen molar-refractivity contribution in [3.05, 3.63) is 12.2 Å². The number of nitrogens with one attached hydrogen (secondary N) is 1. The Bertz CT molecular complexity index is 521. The van der Waals surface area contributed by atoms with Crippen LogP contribution in [0.3, 0.4) is 0 Å². The van der Waals surface area contributed by atoms with Crippen molar-refractivity contribution in [2.75, 3.05) is 6.54 Å². The molecule has 0 aromatic carbocycles. The van der Waals surface area contributed by atoms with Crippen LogP contribution in [0, 0.1) is 0 Å². The van der Waals surface area contributed by atoms with Crippen LogP contribution < -0.4 is 5.32 Å². The molecule has 0 radical (unpaired) electrons. The quantitative estimate of drug-likeness (QED) is 0.867. The van der Waals surface area contributed by atoms with Crippen molar-refractivity contribution in [3.8, 4) is 0 Å². The summed E-state index contributed by atoms with van der Waals surface area (Å²) in [5, 5.41) is 7.03. The lowest BCUT2D eigenvalue weighted by molar-refractivity contribution is -0.139. The predicted molar refractivity (Wildman–Crippen MR) is 77.2 cm³/mol. The van der Waals surface area contributed by atoms with Gasteiger partial charge in [-0.15, -0.1) is 0 Å². The van der Waals surface area contributed by atoms with Crippen molar-refractivity contribution in [2.45, 2.75) is 58.7 Å². The van der Waals surface area contributed by atoms with E-state index in [1.165, 1.54) is 6.33 Å². The summed E-state index contributed by atoms with van der Waals surface area (Å²) in [5.41, 5.74) is -0.787. The second-order valence-corrected chi connectivity index (χ2v) is 5.31. The van der Waals surface area contributed by atoms with E-state index in [0.717, 1.165) is 5.82 Å². The molecule has 2 amide bonds. The number of rotatable bonds is 5. The Labute approximate surface area is 124 Å². The third kappa shape index (κ3) is 2.91. The van der Waals surface area contributed by atoms with Crippen molar-refractivity contribution in [2.24, 2.45) is 0 Å². The summed E-state index contributed by atoms with van der Waals surface area (Å²) >= 11 is 0. The van der Waals surface area contributed by atoms with Gasteiger partial charge in [0.2, 0.25) is 11.8 Å². The first-order valence-corrected chi connectivity index (χ1v) is 7.53. The van der Waals surface area contributed by atoms with Gasteiger partial charge in [-0.3, -0.25) is 9.59 Å². The summed E-state index contributed by atoms with van der Waals surface area (Å²) in [6, 6.07) is 0. The number of aryl methyl sites for hydroxylation is 1. The van der Waals surface area contributed by atoms with Gasteiger partial charge in [0.25, 0.3) is 0 Å². The van der Waals surface area contributed by atoms with E-state index in [1.807, 2.05) is 20.8 Å². The third-order valence-electron chi connectivity index (χ3n) is 4.22. The molecule has 0 saturated carbocycles. The Morgan fingerprint density at radius 3 is 2.62 bits per heavy atom. The number of carbonyl (C=O) groups excluding carboxylic acids is 2. The van der Waals surface area contributed by atoms with E-state index in [-0.39, 0.29) is 11.8 Å². The predicted octanol–water partition coefficient (Wildman–Crippen LogP) is 0.705. The minimum Gasteiger partial charge on any atom is -0.342 e. The highest BCUT2D eigenvalue weighted by molar-refractivity contribution is 5.93. The summed E-state index contributed by atoms with van der Waals surface area (Å²) in [6.45, 7) is 7.36. The standard InChI is InChI=1S/C14H23N5O2/c1-4-14(5-2)13(21)18(8-7-12(20)17-14)9-11-15-10-16-19(11)6-3/h10H,4-9H2,1-3H3,(H,17,20). The Morgan fingerprint density at radius 2 is 2.00 bits per heavy atom. The second-order valence-electron chi connectivity index (χ2n) is 5.31. The van der Waals surface area contributed by atoms with Gasteiger partial charge in [-0.25, -0.2) is 9.67 Å². The van der Waals surface area contributed by atoms with Crippen molar-refractivity contribution in [1.29, 1.82) is 0 Å². The van der Waals surface area contributed by atoms with Crippen LogP contribution in [-0.4, -0.2) is 43.6 Å². The molecule has 1 aromatic heterocycles. The number of hydrogen-bond acceptors (Lipinski definition) is 4. The number of amides is 2. The zero-order chi connectivity index (χ0) is 15.5. The summed E-state index contributed by atoms with van der Waals surface area (Å²) in [5.74, 6) is 0.664. The van der Waals surface area contributed by atoms with Crippen molar-refractivity contribution in [1.82, 2.24) is 25.0 Å². The van der Waals surface area contributed by atoms with E-state index < -0.39 is 5.54 Å².